The molecule has 0 amide bonds. The lowest BCUT2D eigenvalue weighted by Crippen LogP contribution is -2.01. The third-order valence-electron chi connectivity index (χ3n) is 2.57. The van der Waals surface area contributed by atoms with Crippen molar-refractivity contribution in [1.82, 2.24) is 9.55 Å². The number of hydrogen-bond donors (Lipinski definition) is 0. The molecule has 0 N–H and O–H groups in total. The monoisotopic (exact) mass is 211 g/mol. The van der Waals surface area contributed by atoms with E-state index >= 15 is 0 Å². The number of aromatic nitrogens is 2. The van der Waals surface area contributed by atoms with E-state index in [4.69, 9.17) is 5.26 Å². The summed E-state index contributed by atoms with van der Waals surface area (Å²) in [6, 6.07) is 8.10. The Morgan fingerprint density at radius 3 is 2.94 bits per heavy atom. The molecule has 16 heavy (non-hydrogen) atoms. The average molecular weight is 211 g/mol. The Morgan fingerprint density at radius 1 is 1.44 bits per heavy atom. The van der Waals surface area contributed by atoms with Gasteiger partial charge in [0.05, 0.1) is 11.3 Å². The zero-order valence-corrected chi connectivity index (χ0v) is 9.44. The summed E-state index contributed by atoms with van der Waals surface area (Å²) in [6.45, 7) is 4.04. The first-order valence-corrected chi connectivity index (χ1v) is 5.29. The maximum Gasteiger partial charge on any atom is 0.112 e. The second-order valence-electron chi connectivity index (χ2n) is 3.70. The quantitative estimate of drug-likeness (QED) is 0.766. The van der Waals surface area contributed by atoms with Gasteiger partial charge in [0, 0.05) is 18.8 Å². The minimum Gasteiger partial charge on any atom is -0.302 e. The van der Waals surface area contributed by atoms with Crippen molar-refractivity contribution in [3.63, 3.8) is 0 Å². The van der Waals surface area contributed by atoms with Gasteiger partial charge in [0.1, 0.15) is 11.9 Å². The van der Waals surface area contributed by atoms with E-state index in [9.17, 15) is 0 Å². The summed E-state index contributed by atoms with van der Waals surface area (Å²) in [5.74, 6) is 0.973. The van der Waals surface area contributed by atoms with E-state index < -0.39 is 0 Å². The summed E-state index contributed by atoms with van der Waals surface area (Å²) in [4.78, 5) is 4.26. The van der Waals surface area contributed by atoms with Crippen LogP contribution in [0, 0.1) is 18.3 Å². The normalized spacial score (nSPS) is 10.1. The fourth-order valence-electron chi connectivity index (χ4n) is 1.76. The molecule has 0 aliphatic rings. The van der Waals surface area contributed by atoms with E-state index in [-0.39, 0.29) is 0 Å². The number of nitriles is 1. The predicted octanol–water partition coefficient (Wildman–Crippen LogP) is 2.61. The highest BCUT2D eigenvalue weighted by atomic mass is 15.1. The lowest BCUT2D eigenvalue weighted by Gasteiger charge is -2.08. The van der Waals surface area contributed by atoms with Gasteiger partial charge in [-0.15, -0.1) is 0 Å². The Hall–Kier alpha value is -2.08. The summed E-state index contributed by atoms with van der Waals surface area (Å²) >= 11 is 0. The molecule has 1 aromatic carbocycles. The Bertz CT molecular complexity index is 547. The van der Waals surface area contributed by atoms with Crippen LogP contribution in [0.15, 0.2) is 30.6 Å². The van der Waals surface area contributed by atoms with Crippen molar-refractivity contribution in [1.29, 1.82) is 5.26 Å². The van der Waals surface area contributed by atoms with Crippen molar-refractivity contribution < 1.29 is 0 Å². The van der Waals surface area contributed by atoms with Crippen LogP contribution in [0.2, 0.25) is 0 Å². The molecule has 0 spiro atoms. The summed E-state index contributed by atoms with van der Waals surface area (Å²) in [6.07, 6.45) is 4.51. The molecular weight excluding hydrogens is 198 g/mol. The minimum atomic E-state index is 0.688. The van der Waals surface area contributed by atoms with Crippen LogP contribution in [0.4, 0.5) is 0 Å². The molecule has 0 saturated heterocycles. The summed E-state index contributed by atoms with van der Waals surface area (Å²) in [5, 5.41) is 9.12. The zero-order chi connectivity index (χ0) is 11.5. The van der Waals surface area contributed by atoms with Gasteiger partial charge in [-0.2, -0.15) is 5.26 Å². The molecule has 0 unspecified atom stereocenters. The number of aryl methyl sites for hydroxylation is 2. The molecule has 3 heteroatoms. The first-order chi connectivity index (χ1) is 7.76. The largest absolute Gasteiger partial charge is 0.302 e. The summed E-state index contributed by atoms with van der Waals surface area (Å²) in [7, 11) is 0. The van der Waals surface area contributed by atoms with E-state index in [0.717, 1.165) is 23.5 Å². The smallest absolute Gasteiger partial charge is 0.112 e. The van der Waals surface area contributed by atoms with Crippen molar-refractivity contribution in [3.05, 3.63) is 47.5 Å². The highest BCUT2D eigenvalue weighted by Gasteiger charge is 2.07. The Morgan fingerprint density at radius 2 is 2.25 bits per heavy atom. The fraction of sp³-hybridized carbons (Fsp3) is 0.231. The average Bonchev–Trinajstić information content (AvgIpc) is 2.76. The van der Waals surface area contributed by atoms with Gasteiger partial charge in [0.2, 0.25) is 0 Å². The number of nitrogens with zero attached hydrogens (tertiary/aromatic N) is 3. The van der Waals surface area contributed by atoms with Gasteiger partial charge in [0.15, 0.2) is 0 Å². The first-order valence-electron chi connectivity index (χ1n) is 5.29. The second-order valence-corrected chi connectivity index (χ2v) is 3.70. The van der Waals surface area contributed by atoms with Crippen LogP contribution >= 0.6 is 0 Å². The molecule has 1 heterocycles. The van der Waals surface area contributed by atoms with Crippen LogP contribution < -0.4 is 0 Å². The third kappa shape index (κ3) is 1.70. The van der Waals surface area contributed by atoms with E-state index in [2.05, 4.69) is 18.0 Å². The number of rotatable bonds is 2. The van der Waals surface area contributed by atoms with Gasteiger partial charge in [-0.1, -0.05) is 13.0 Å². The summed E-state index contributed by atoms with van der Waals surface area (Å²) < 4.78 is 1.97. The van der Waals surface area contributed by atoms with Crippen LogP contribution in [-0.2, 0) is 6.42 Å². The Balaban J connectivity index is 2.61. The molecular formula is C13H13N3. The van der Waals surface area contributed by atoms with Crippen molar-refractivity contribution >= 4 is 0 Å². The van der Waals surface area contributed by atoms with Gasteiger partial charge >= 0.3 is 0 Å². The van der Waals surface area contributed by atoms with E-state index in [1.54, 1.807) is 6.20 Å². The van der Waals surface area contributed by atoms with Crippen LogP contribution in [0.25, 0.3) is 5.69 Å². The van der Waals surface area contributed by atoms with Crippen LogP contribution in [-0.4, -0.2) is 9.55 Å². The molecule has 0 saturated carbocycles. The lowest BCUT2D eigenvalue weighted by atomic mass is 10.1. The van der Waals surface area contributed by atoms with Crippen LogP contribution in [0.1, 0.15) is 23.9 Å². The van der Waals surface area contributed by atoms with Crippen molar-refractivity contribution in [2.75, 3.05) is 0 Å². The van der Waals surface area contributed by atoms with E-state index in [1.807, 2.05) is 35.9 Å². The number of hydrogen-bond acceptors (Lipinski definition) is 2. The molecule has 0 aliphatic carbocycles. The van der Waals surface area contributed by atoms with Gasteiger partial charge in [-0.25, -0.2) is 4.98 Å². The van der Waals surface area contributed by atoms with Gasteiger partial charge < -0.3 is 4.57 Å². The number of imidazole rings is 1. The molecule has 2 rings (SSSR count). The predicted molar refractivity (Wildman–Crippen MR) is 62.4 cm³/mol. The maximum atomic E-state index is 9.12. The maximum absolute atomic E-state index is 9.12. The Labute approximate surface area is 95.0 Å². The zero-order valence-electron chi connectivity index (χ0n) is 9.44. The first kappa shape index (κ1) is 10.4. The standard InChI is InChI=1S/C13H13N3/c1-3-13-15-6-7-16(13)12-5-4-10(2)8-11(12)9-14/h4-8H,3H2,1-2H3. The molecule has 0 aliphatic heterocycles. The number of benzene rings is 1. The Kier molecular flexibility index (Phi) is 2.74. The highest BCUT2D eigenvalue weighted by molar-refractivity contribution is 5.51. The van der Waals surface area contributed by atoms with Crippen molar-refractivity contribution in [3.8, 4) is 11.8 Å². The molecule has 80 valence electrons. The van der Waals surface area contributed by atoms with Crippen LogP contribution in [0.3, 0.4) is 0 Å². The molecule has 0 fully saturated rings. The van der Waals surface area contributed by atoms with E-state index in [1.165, 1.54) is 0 Å². The lowest BCUT2D eigenvalue weighted by molar-refractivity contribution is 0.889. The summed E-state index contributed by atoms with van der Waals surface area (Å²) in [5.41, 5.74) is 2.69. The van der Waals surface area contributed by atoms with Gasteiger partial charge in [-0.05, 0) is 24.6 Å². The second kappa shape index (κ2) is 4.19. The molecule has 1 aromatic heterocycles. The van der Waals surface area contributed by atoms with Gasteiger partial charge in [-0.3, -0.25) is 0 Å². The highest BCUT2D eigenvalue weighted by Crippen LogP contribution is 2.17. The van der Waals surface area contributed by atoms with Crippen molar-refractivity contribution in [2.24, 2.45) is 0 Å². The SMILES string of the molecule is CCc1nccn1-c1ccc(C)cc1C#N. The molecule has 3 nitrogen and oxygen atoms in total. The van der Waals surface area contributed by atoms with Crippen LogP contribution in [0.5, 0.6) is 0 Å². The molecule has 0 radical (unpaired) electrons. The topological polar surface area (TPSA) is 41.6 Å². The molecule has 0 bridgehead atoms. The van der Waals surface area contributed by atoms with E-state index in [0.29, 0.717) is 5.56 Å². The fourth-order valence-corrected chi connectivity index (χ4v) is 1.76. The molecule has 2 aromatic rings. The van der Waals surface area contributed by atoms with Gasteiger partial charge in [0.25, 0.3) is 0 Å². The van der Waals surface area contributed by atoms with Crippen molar-refractivity contribution in [2.45, 2.75) is 20.3 Å². The minimum absolute atomic E-state index is 0.688. The third-order valence-corrected chi connectivity index (χ3v) is 2.57. The molecule has 0 atom stereocenters.